The molecule has 0 atom stereocenters. The van der Waals surface area contributed by atoms with Gasteiger partial charge >= 0.3 is 0 Å². The number of halogens is 1. The van der Waals surface area contributed by atoms with Crippen LogP contribution in [0.5, 0.6) is 0 Å². The first kappa shape index (κ1) is 16.4. The molecule has 1 aromatic rings. The lowest BCUT2D eigenvalue weighted by atomic mass is 10.1. The van der Waals surface area contributed by atoms with Crippen molar-refractivity contribution in [3.8, 4) is 0 Å². The Balaban J connectivity index is 3.02. The molecular weight excluding hydrogens is 261 g/mol. The van der Waals surface area contributed by atoms with Crippen LogP contribution in [0.4, 0.5) is 15.8 Å². The van der Waals surface area contributed by atoms with E-state index in [1.807, 2.05) is 23.9 Å². The molecule has 1 rings (SSSR count). The molecule has 0 amide bonds. The highest BCUT2D eigenvalue weighted by molar-refractivity contribution is 5.53. The standard InChI is InChI=1S/C14H22FN3O2/c1-11(2)10-17(6-5-16(3)4)13-7-12(15)8-14(9-13)18(19)20/h7-9,11H,5-6,10H2,1-4H3. The first-order valence-electron chi connectivity index (χ1n) is 6.64. The summed E-state index contributed by atoms with van der Waals surface area (Å²) in [7, 11) is 3.92. The van der Waals surface area contributed by atoms with E-state index in [1.54, 1.807) is 0 Å². The molecule has 0 heterocycles. The predicted molar refractivity (Wildman–Crippen MR) is 78.7 cm³/mol. The van der Waals surface area contributed by atoms with E-state index in [2.05, 4.69) is 13.8 Å². The highest BCUT2D eigenvalue weighted by Gasteiger charge is 2.15. The zero-order chi connectivity index (χ0) is 15.3. The van der Waals surface area contributed by atoms with Crippen molar-refractivity contribution < 1.29 is 9.31 Å². The number of nitro groups is 1. The second-order valence-corrected chi connectivity index (χ2v) is 5.57. The molecule has 0 spiro atoms. The van der Waals surface area contributed by atoms with Gasteiger partial charge in [0.1, 0.15) is 5.82 Å². The number of anilines is 1. The third-order valence-corrected chi connectivity index (χ3v) is 2.85. The smallest absolute Gasteiger partial charge is 0.274 e. The minimum Gasteiger partial charge on any atom is -0.370 e. The van der Waals surface area contributed by atoms with Crippen molar-refractivity contribution in [2.45, 2.75) is 13.8 Å². The number of benzene rings is 1. The van der Waals surface area contributed by atoms with Gasteiger partial charge in [-0.1, -0.05) is 13.8 Å². The molecule has 112 valence electrons. The van der Waals surface area contributed by atoms with E-state index in [-0.39, 0.29) is 5.69 Å². The molecule has 0 aromatic heterocycles. The van der Waals surface area contributed by atoms with E-state index >= 15 is 0 Å². The third kappa shape index (κ3) is 5.13. The van der Waals surface area contributed by atoms with Gasteiger partial charge in [0.15, 0.2) is 0 Å². The lowest BCUT2D eigenvalue weighted by molar-refractivity contribution is -0.385. The first-order chi connectivity index (χ1) is 9.29. The van der Waals surface area contributed by atoms with Gasteiger partial charge in [-0.15, -0.1) is 0 Å². The summed E-state index contributed by atoms with van der Waals surface area (Å²) in [5, 5.41) is 10.8. The van der Waals surface area contributed by atoms with Crippen LogP contribution < -0.4 is 4.90 Å². The molecular formula is C14H22FN3O2. The van der Waals surface area contributed by atoms with Gasteiger partial charge in [0, 0.05) is 31.4 Å². The highest BCUT2D eigenvalue weighted by Crippen LogP contribution is 2.24. The first-order valence-corrected chi connectivity index (χ1v) is 6.64. The number of likely N-dealkylation sites (N-methyl/N-ethyl adjacent to an activating group) is 1. The van der Waals surface area contributed by atoms with Crippen LogP contribution >= 0.6 is 0 Å². The van der Waals surface area contributed by atoms with Crippen molar-refractivity contribution in [1.82, 2.24) is 4.90 Å². The van der Waals surface area contributed by atoms with Gasteiger partial charge in [-0.3, -0.25) is 10.1 Å². The summed E-state index contributed by atoms with van der Waals surface area (Å²) in [6.45, 7) is 6.37. The summed E-state index contributed by atoms with van der Waals surface area (Å²) in [5.74, 6) is -0.188. The average molecular weight is 283 g/mol. The van der Waals surface area contributed by atoms with E-state index in [9.17, 15) is 14.5 Å². The fraction of sp³-hybridized carbons (Fsp3) is 0.571. The molecule has 0 fully saturated rings. The molecule has 0 radical (unpaired) electrons. The Hall–Kier alpha value is -1.69. The minimum atomic E-state index is -0.576. The Morgan fingerprint density at radius 1 is 1.25 bits per heavy atom. The van der Waals surface area contributed by atoms with Gasteiger partial charge in [0.25, 0.3) is 5.69 Å². The summed E-state index contributed by atoms with van der Waals surface area (Å²) < 4.78 is 13.5. The minimum absolute atomic E-state index is 0.210. The molecule has 0 saturated carbocycles. The number of non-ortho nitro benzene ring substituents is 1. The lowest BCUT2D eigenvalue weighted by Gasteiger charge is -2.28. The molecule has 0 saturated heterocycles. The third-order valence-electron chi connectivity index (χ3n) is 2.85. The van der Waals surface area contributed by atoms with Gasteiger partial charge in [-0.2, -0.15) is 0 Å². The Bertz CT molecular complexity index is 464. The Morgan fingerprint density at radius 2 is 1.90 bits per heavy atom. The molecule has 0 aliphatic heterocycles. The van der Waals surface area contributed by atoms with E-state index in [4.69, 9.17) is 0 Å². The van der Waals surface area contributed by atoms with Gasteiger partial charge in [0.05, 0.1) is 11.0 Å². The zero-order valence-corrected chi connectivity index (χ0v) is 12.5. The van der Waals surface area contributed by atoms with E-state index < -0.39 is 10.7 Å². The van der Waals surface area contributed by atoms with Crippen LogP contribution in [0.2, 0.25) is 0 Å². The van der Waals surface area contributed by atoms with Gasteiger partial charge in [-0.05, 0) is 26.1 Å². The Labute approximate surface area is 119 Å². The number of nitro benzene ring substituents is 1. The molecule has 0 bridgehead atoms. The highest BCUT2D eigenvalue weighted by atomic mass is 19.1. The zero-order valence-electron chi connectivity index (χ0n) is 12.5. The predicted octanol–water partition coefficient (Wildman–Crippen LogP) is 2.76. The topological polar surface area (TPSA) is 49.6 Å². The van der Waals surface area contributed by atoms with Crippen LogP contribution in [-0.2, 0) is 0 Å². The maximum absolute atomic E-state index is 13.5. The maximum atomic E-state index is 13.5. The molecule has 1 aromatic carbocycles. The normalized spacial score (nSPS) is 11.2. The molecule has 0 unspecified atom stereocenters. The summed E-state index contributed by atoms with van der Waals surface area (Å²) in [5.41, 5.74) is 0.353. The average Bonchev–Trinajstić information content (AvgIpc) is 2.32. The fourth-order valence-corrected chi connectivity index (χ4v) is 1.93. The van der Waals surface area contributed by atoms with Crippen molar-refractivity contribution in [1.29, 1.82) is 0 Å². The van der Waals surface area contributed by atoms with Crippen LogP contribution in [0, 0.1) is 21.8 Å². The van der Waals surface area contributed by atoms with Gasteiger partial charge in [-0.25, -0.2) is 4.39 Å². The van der Waals surface area contributed by atoms with Crippen molar-refractivity contribution in [3.63, 3.8) is 0 Å². The van der Waals surface area contributed by atoms with Crippen LogP contribution in [-0.4, -0.2) is 43.6 Å². The van der Waals surface area contributed by atoms with Crippen molar-refractivity contribution >= 4 is 11.4 Å². The number of hydrogen-bond donors (Lipinski definition) is 0. The molecule has 0 aliphatic carbocycles. The van der Waals surface area contributed by atoms with Crippen LogP contribution in [0.15, 0.2) is 18.2 Å². The maximum Gasteiger partial charge on any atom is 0.274 e. The largest absolute Gasteiger partial charge is 0.370 e. The van der Waals surface area contributed by atoms with Crippen molar-refractivity contribution in [3.05, 3.63) is 34.1 Å². The summed E-state index contributed by atoms with van der Waals surface area (Å²) in [6.07, 6.45) is 0. The van der Waals surface area contributed by atoms with Crippen molar-refractivity contribution in [2.24, 2.45) is 5.92 Å². The number of hydrogen-bond acceptors (Lipinski definition) is 4. The van der Waals surface area contributed by atoms with Gasteiger partial charge in [0.2, 0.25) is 0 Å². The number of nitrogens with zero attached hydrogens (tertiary/aromatic N) is 3. The SMILES string of the molecule is CC(C)CN(CCN(C)C)c1cc(F)cc([N+](=O)[O-])c1. The Morgan fingerprint density at radius 3 is 2.40 bits per heavy atom. The lowest BCUT2D eigenvalue weighted by Crippen LogP contribution is -2.34. The molecule has 5 nitrogen and oxygen atoms in total. The van der Waals surface area contributed by atoms with Crippen molar-refractivity contribution in [2.75, 3.05) is 38.6 Å². The van der Waals surface area contributed by atoms with Crippen LogP contribution in [0.1, 0.15) is 13.8 Å². The second-order valence-electron chi connectivity index (χ2n) is 5.57. The van der Waals surface area contributed by atoms with Crippen LogP contribution in [0.25, 0.3) is 0 Å². The molecule has 6 heteroatoms. The monoisotopic (exact) mass is 283 g/mol. The molecule has 20 heavy (non-hydrogen) atoms. The van der Waals surface area contributed by atoms with Gasteiger partial charge < -0.3 is 9.80 Å². The fourth-order valence-electron chi connectivity index (χ4n) is 1.93. The molecule has 0 N–H and O–H groups in total. The Kier molecular flexibility index (Phi) is 5.88. The summed E-state index contributed by atoms with van der Waals surface area (Å²) >= 11 is 0. The van der Waals surface area contributed by atoms with E-state index in [0.29, 0.717) is 18.2 Å². The summed E-state index contributed by atoms with van der Waals surface area (Å²) in [6, 6.07) is 3.73. The second kappa shape index (κ2) is 7.19. The van der Waals surface area contributed by atoms with E-state index in [1.165, 1.54) is 12.1 Å². The van der Waals surface area contributed by atoms with E-state index in [0.717, 1.165) is 19.2 Å². The molecule has 0 aliphatic rings. The quantitative estimate of drug-likeness (QED) is 0.570. The van der Waals surface area contributed by atoms with Crippen LogP contribution in [0.3, 0.4) is 0 Å². The number of rotatable bonds is 7. The summed E-state index contributed by atoms with van der Waals surface area (Å²) in [4.78, 5) is 14.3.